The molecule has 12 heavy (non-hydrogen) atoms. The molecule has 1 nitrogen and oxygen atoms in total. The van der Waals surface area contributed by atoms with Crippen molar-refractivity contribution in [1.29, 1.82) is 0 Å². The quantitative estimate of drug-likeness (QED) is 0.488. The highest BCUT2D eigenvalue weighted by Crippen LogP contribution is 2.03. The number of rotatable bonds is 4. The summed E-state index contributed by atoms with van der Waals surface area (Å²) in [5, 5.41) is 0. The summed E-state index contributed by atoms with van der Waals surface area (Å²) in [6, 6.07) is 4.20. The van der Waals surface area contributed by atoms with Gasteiger partial charge in [0.1, 0.15) is 0 Å². The lowest BCUT2D eigenvalue weighted by atomic mass is 10.1. The van der Waals surface area contributed by atoms with Crippen molar-refractivity contribution in [1.82, 2.24) is 4.98 Å². The maximum atomic E-state index is 4.32. The SMILES string of the molecule is C=CCCCc1ccc(C)cn1. The molecular weight excluding hydrogens is 146 g/mol. The molecule has 0 fully saturated rings. The molecule has 0 aliphatic rings. The van der Waals surface area contributed by atoms with Crippen LogP contribution in [-0.2, 0) is 6.42 Å². The molecule has 0 amide bonds. The summed E-state index contributed by atoms with van der Waals surface area (Å²) < 4.78 is 0. The Kier molecular flexibility index (Phi) is 3.52. The van der Waals surface area contributed by atoms with Gasteiger partial charge in [0.25, 0.3) is 0 Å². The molecule has 0 saturated heterocycles. The van der Waals surface area contributed by atoms with Gasteiger partial charge in [0, 0.05) is 11.9 Å². The molecule has 1 heterocycles. The van der Waals surface area contributed by atoms with Crippen molar-refractivity contribution < 1.29 is 0 Å². The molecule has 1 rings (SSSR count). The van der Waals surface area contributed by atoms with Gasteiger partial charge in [-0.3, -0.25) is 4.98 Å². The highest BCUT2D eigenvalue weighted by Gasteiger charge is 1.92. The van der Waals surface area contributed by atoms with E-state index in [1.54, 1.807) is 0 Å². The van der Waals surface area contributed by atoms with Gasteiger partial charge < -0.3 is 0 Å². The van der Waals surface area contributed by atoms with Gasteiger partial charge in [-0.15, -0.1) is 6.58 Å². The van der Waals surface area contributed by atoms with E-state index in [9.17, 15) is 0 Å². The van der Waals surface area contributed by atoms with Crippen molar-refractivity contribution in [2.75, 3.05) is 0 Å². The van der Waals surface area contributed by atoms with E-state index in [0.717, 1.165) is 19.3 Å². The van der Waals surface area contributed by atoms with Crippen LogP contribution in [-0.4, -0.2) is 4.98 Å². The number of allylic oxidation sites excluding steroid dienone is 1. The van der Waals surface area contributed by atoms with Crippen LogP contribution in [0, 0.1) is 6.92 Å². The van der Waals surface area contributed by atoms with Crippen LogP contribution in [0.1, 0.15) is 24.1 Å². The Morgan fingerprint density at radius 3 is 2.92 bits per heavy atom. The first-order valence-corrected chi connectivity index (χ1v) is 4.35. The summed E-state index contributed by atoms with van der Waals surface area (Å²) in [6.07, 6.45) is 7.17. The van der Waals surface area contributed by atoms with Gasteiger partial charge in [-0.25, -0.2) is 0 Å². The Balaban J connectivity index is 2.42. The normalized spacial score (nSPS) is 9.75. The summed E-state index contributed by atoms with van der Waals surface area (Å²) in [5.41, 5.74) is 2.41. The second-order valence-corrected chi connectivity index (χ2v) is 3.01. The van der Waals surface area contributed by atoms with Gasteiger partial charge in [0.15, 0.2) is 0 Å². The minimum atomic E-state index is 1.06. The van der Waals surface area contributed by atoms with Crippen molar-refractivity contribution >= 4 is 0 Å². The van der Waals surface area contributed by atoms with E-state index < -0.39 is 0 Å². The van der Waals surface area contributed by atoms with Crippen LogP contribution in [0.2, 0.25) is 0 Å². The highest BCUT2D eigenvalue weighted by atomic mass is 14.7. The third-order valence-electron chi connectivity index (χ3n) is 1.81. The Hall–Kier alpha value is -1.11. The van der Waals surface area contributed by atoms with Crippen LogP contribution in [0.4, 0.5) is 0 Å². The number of hydrogen-bond acceptors (Lipinski definition) is 1. The predicted molar refractivity (Wildman–Crippen MR) is 52.1 cm³/mol. The molecule has 0 aliphatic heterocycles. The van der Waals surface area contributed by atoms with E-state index in [1.165, 1.54) is 11.3 Å². The van der Waals surface area contributed by atoms with E-state index >= 15 is 0 Å². The molecule has 64 valence electrons. The third-order valence-corrected chi connectivity index (χ3v) is 1.81. The average Bonchev–Trinajstić information content (AvgIpc) is 2.09. The topological polar surface area (TPSA) is 12.9 Å². The minimum Gasteiger partial charge on any atom is -0.261 e. The molecule has 1 heteroatoms. The lowest BCUT2D eigenvalue weighted by Gasteiger charge is -1.98. The van der Waals surface area contributed by atoms with Gasteiger partial charge >= 0.3 is 0 Å². The Labute approximate surface area is 74.2 Å². The van der Waals surface area contributed by atoms with Gasteiger partial charge in [-0.05, 0) is 37.8 Å². The van der Waals surface area contributed by atoms with Crippen molar-refractivity contribution in [3.05, 3.63) is 42.2 Å². The van der Waals surface area contributed by atoms with E-state index in [1.807, 2.05) is 12.3 Å². The summed E-state index contributed by atoms with van der Waals surface area (Å²) in [7, 11) is 0. The van der Waals surface area contributed by atoms with E-state index in [-0.39, 0.29) is 0 Å². The highest BCUT2D eigenvalue weighted by molar-refractivity contribution is 5.12. The maximum Gasteiger partial charge on any atom is 0.0403 e. The van der Waals surface area contributed by atoms with Gasteiger partial charge in [0.2, 0.25) is 0 Å². The summed E-state index contributed by atoms with van der Waals surface area (Å²) >= 11 is 0. The molecule has 0 aliphatic carbocycles. The monoisotopic (exact) mass is 161 g/mol. The first kappa shape index (κ1) is 8.98. The zero-order valence-electron chi connectivity index (χ0n) is 7.59. The molecule has 1 aromatic rings. The lowest BCUT2D eigenvalue weighted by Crippen LogP contribution is -1.89. The Morgan fingerprint density at radius 1 is 1.50 bits per heavy atom. The molecule has 0 aromatic carbocycles. The zero-order valence-corrected chi connectivity index (χ0v) is 7.59. The van der Waals surface area contributed by atoms with Crippen LogP contribution in [0.25, 0.3) is 0 Å². The zero-order chi connectivity index (χ0) is 8.81. The van der Waals surface area contributed by atoms with Gasteiger partial charge in [-0.1, -0.05) is 12.1 Å². The van der Waals surface area contributed by atoms with Crippen molar-refractivity contribution in [2.45, 2.75) is 26.2 Å². The molecule has 0 unspecified atom stereocenters. The fourth-order valence-corrected chi connectivity index (χ4v) is 1.07. The van der Waals surface area contributed by atoms with Crippen molar-refractivity contribution in [3.8, 4) is 0 Å². The molecular formula is C11H15N. The lowest BCUT2D eigenvalue weighted by molar-refractivity contribution is 0.818. The summed E-state index contributed by atoms with van der Waals surface area (Å²) in [6.45, 7) is 5.74. The number of pyridine rings is 1. The maximum absolute atomic E-state index is 4.32. The molecule has 0 radical (unpaired) electrons. The average molecular weight is 161 g/mol. The first-order valence-electron chi connectivity index (χ1n) is 4.35. The smallest absolute Gasteiger partial charge is 0.0403 e. The molecule has 0 bridgehead atoms. The number of hydrogen-bond donors (Lipinski definition) is 0. The largest absolute Gasteiger partial charge is 0.261 e. The number of aromatic nitrogens is 1. The van der Waals surface area contributed by atoms with E-state index in [0.29, 0.717) is 0 Å². The Morgan fingerprint density at radius 2 is 2.33 bits per heavy atom. The standard InChI is InChI=1S/C11H15N/c1-3-4-5-6-11-8-7-10(2)9-12-11/h3,7-9H,1,4-6H2,2H3. The number of aryl methyl sites for hydroxylation is 2. The second kappa shape index (κ2) is 4.70. The Bertz CT molecular complexity index is 236. The van der Waals surface area contributed by atoms with Crippen LogP contribution in [0.3, 0.4) is 0 Å². The molecule has 0 spiro atoms. The molecule has 0 N–H and O–H groups in total. The number of nitrogens with zero attached hydrogens (tertiary/aromatic N) is 1. The molecule has 1 aromatic heterocycles. The first-order chi connectivity index (χ1) is 5.83. The fourth-order valence-electron chi connectivity index (χ4n) is 1.07. The van der Waals surface area contributed by atoms with Gasteiger partial charge in [0.05, 0.1) is 0 Å². The predicted octanol–water partition coefficient (Wildman–Crippen LogP) is 2.90. The van der Waals surface area contributed by atoms with Gasteiger partial charge in [-0.2, -0.15) is 0 Å². The van der Waals surface area contributed by atoms with Crippen molar-refractivity contribution in [3.63, 3.8) is 0 Å². The summed E-state index contributed by atoms with van der Waals surface area (Å²) in [5.74, 6) is 0. The van der Waals surface area contributed by atoms with Crippen LogP contribution < -0.4 is 0 Å². The minimum absolute atomic E-state index is 1.06. The second-order valence-electron chi connectivity index (χ2n) is 3.01. The van der Waals surface area contributed by atoms with Crippen LogP contribution in [0.15, 0.2) is 31.0 Å². The number of unbranched alkanes of at least 4 members (excludes halogenated alkanes) is 1. The fraction of sp³-hybridized carbons (Fsp3) is 0.364. The van der Waals surface area contributed by atoms with Crippen LogP contribution in [0.5, 0.6) is 0 Å². The summed E-state index contributed by atoms with van der Waals surface area (Å²) in [4.78, 5) is 4.32. The molecule has 0 atom stereocenters. The van der Waals surface area contributed by atoms with Crippen molar-refractivity contribution in [2.24, 2.45) is 0 Å². The third kappa shape index (κ3) is 2.87. The molecule has 0 saturated carbocycles. The van der Waals surface area contributed by atoms with Crippen LogP contribution >= 0.6 is 0 Å². The van der Waals surface area contributed by atoms with E-state index in [4.69, 9.17) is 0 Å². The van der Waals surface area contributed by atoms with E-state index in [2.05, 4.69) is 30.6 Å².